The molecule has 7 nitrogen and oxygen atoms in total. The van der Waals surface area contributed by atoms with Gasteiger partial charge in [0.2, 0.25) is 0 Å². The van der Waals surface area contributed by atoms with Gasteiger partial charge in [0.25, 0.3) is 0 Å². The second-order valence-electron chi connectivity index (χ2n) is 4.51. The second-order valence-corrected chi connectivity index (χ2v) is 4.91. The van der Waals surface area contributed by atoms with Crippen LogP contribution in [-0.2, 0) is 6.61 Å². The molecule has 1 aromatic carbocycles. The molecule has 3 rings (SSSR count). The van der Waals surface area contributed by atoms with Crippen molar-refractivity contribution in [2.24, 2.45) is 0 Å². The maximum absolute atomic E-state index is 11.0. The minimum atomic E-state index is -1.09. The summed E-state index contributed by atoms with van der Waals surface area (Å²) in [4.78, 5) is 11.0. The Labute approximate surface area is 119 Å². The Morgan fingerprint density at radius 1 is 1.50 bits per heavy atom. The smallest absolute Gasteiger partial charge is 0.337 e. The quantitative estimate of drug-likeness (QED) is 0.906. The molecule has 1 aliphatic rings. The summed E-state index contributed by atoms with van der Waals surface area (Å²) in [6, 6.07) is 4.85. The van der Waals surface area contributed by atoms with Crippen LogP contribution < -0.4 is 4.74 Å². The number of carboxylic acids is 1. The minimum Gasteiger partial charge on any atom is -0.486 e. The first-order valence-electron chi connectivity index (χ1n) is 6.07. The molecule has 1 saturated carbocycles. The number of benzene rings is 1. The lowest BCUT2D eigenvalue weighted by Crippen LogP contribution is -2.07. The first kappa shape index (κ1) is 12.9. The fraction of sp³-hybridized carbons (Fsp3) is 0.333. The number of aromatic nitrogens is 4. The predicted octanol–water partition coefficient (Wildman–Crippen LogP) is 1.94. The number of ether oxygens (including phenoxy) is 1. The van der Waals surface area contributed by atoms with Gasteiger partial charge in [-0.05, 0) is 41.5 Å². The molecule has 1 aromatic heterocycles. The van der Waals surface area contributed by atoms with E-state index in [9.17, 15) is 4.79 Å². The van der Waals surface area contributed by atoms with E-state index >= 15 is 0 Å². The predicted molar refractivity (Wildman–Crippen MR) is 68.8 cm³/mol. The van der Waals surface area contributed by atoms with Crippen molar-refractivity contribution < 1.29 is 14.6 Å². The van der Waals surface area contributed by atoms with Crippen LogP contribution in [0.1, 0.15) is 35.1 Å². The van der Waals surface area contributed by atoms with E-state index in [1.54, 1.807) is 10.7 Å². The van der Waals surface area contributed by atoms with Crippen molar-refractivity contribution in [2.45, 2.75) is 25.5 Å². The molecule has 0 bridgehead atoms. The Morgan fingerprint density at radius 2 is 2.30 bits per heavy atom. The molecular formula is C12H11ClN4O3. The third kappa shape index (κ3) is 2.57. The molecule has 104 valence electrons. The number of hydrogen-bond acceptors (Lipinski definition) is 5. The van der Waals surface area contributed by atoms with E-state index in [1.165, 1.54) is 12.1 Å². The van der Waals surface area contributed by atoms with Crippen molar-refractivity contribution in [1.82, 2.24) is 20.2 Å². The summed E-state index contributed by atoms with van der Waals surface area (Å²) in [5, 5.41) is 20.6. The normalized spacial score (nSPS) is 14.2. The fourth-order valence-electron chi connectivity index (χ4n) is 1.82. The molecule has 0 unspecified atom stereocenters. The zero-order valence-corrected chi connectivity index (χ0v) is 11.1. The summed E-state index contributed by atoms with van der Waals surface area (Å²) in [6.45, 7) is 0.185. The van der Waals surface area contributed by atoms with Gasteiger partial charge in [-0.3, -0.25) is 0 Å². The Balaban J connectivity index is 1.73. The summed E-state index contributed by atoms with van der Waals surface area (Å²) in [6.07, 6.45) is 2.14. The number of carbonyl (C=O) groups is 1. The fourth-order valence-corrected chi connectivity index (χ4v) is 2.01. The molecule has 0 aliphatic heterocycles. The molecule has 1 heterocycles. The van der Waals surface area contributed by atoms with E-state index in [1.807, 2.05) is 0 Å². The summed E-state index contributed by atoms with van der Waals surface area (Å²) in [5.74, 6) is -0.0558. The number of carboxylic acid groups (broad SMARTS) is 1. The van der Waals surface area contributed by atoms with Crippen LogP contribution in [0.15, 0.2) is 18.2 Å². The van der Waals surface area contributed by atoms with Gasteiger partial charge in [0.05, 0.1) is 16.6 Å². The van der Waals surface area contributed by atoms with E-state index in [2.05, 4.69) is 15.5 Å². The number of halogens is 1. The maximum atomic E-state index is 11.0. The number of nitrogens with zero attached hydrogens (tertiary/aromatic N) is 4. The van der Waals surface area contributed by atoms with E-state index in [0.717, 1.165) is 12.8 Å². The molecule has 20 heavy (non-hydrogen) atoms. The third-order valence-corrected chi connectivity index (χ3v) is 3.32. The van der Waals surface area contributed by atoms with E-state index in [-0.39, 0.29) is 17.2 Å². The maximum Gasteiger partial charge on any atom is 0.337 e. The van der Waals surface area contributed by atoms with Crippen LogP contribution in [0, 0.1) is 0 Å². The van der Waals surface area contributed by atoms with Crippen LogP contribution >= 0.6 is 11.6 Å². The average molecular weight is 295 g/mol. The van der Waals surface area contributed by atoms with E-state index < -0.39 is 5.97 Å². The van der Waals surface area contributed by atoms with Crippen molar-refractivity contribution in [3.63, 3.8) is 0 Å². The largest absolute Gasteiger partial charge is 0.486 e. The Hall–Kier alpha value is -2.15. The Morgan fingerprint density at radius 3 is 3.00 bits per heavy atom. The monoisotopic (exact) mass is 294 g/mol. The van der Waals surface area contributed by atoms with Gasteiger partial charge in [-0.25, -0.2) is 9.48 Å². The molecule has 8 heteroatoms. The molecule has 1 aliphatic carbocycles. The Kier molecular flexibility index (Phi) is 3.27. The first-order valence-corrected chi connectivity index (χ1v) is 6.45. The average Bonchev–Trinajstić information content (AvgIpc) is 3.16. The summed E-state index contributed by atoms with van der Waals surface area (Å²) in [5.41, 5.74) is 0.00551. The highest BCUT2D eigenvalue weighted by molar-refractivity contribution is 6.33. The molecule has 0 saturated heterocycles. The van der Waals surface area contributed by atoms with Crippen molar-refractivity contribution in [3.8, 4) is 5.75 Å². The van der Waals surface area contributed by atoms with Crippen LogP contribution in [-0.4, -0.2) is 31.3 Å². The number of tetrazole rings is 1. The van der Waals surface area contributed by atoms with Gasteiger partial charge in [-0.2, -0.15) is 0 Å². The number of rotatable bonds is 5. The highest BCUT2D eigenvalue weighted by atomic mass is 35.5. The van der Waals surface area contributed by atoms with Crippen molar-refractivity contribution in [2.75, 3.05) is 0 Å². The van der Waals surface area contributed by atoms with Crippen molar-refractivity contribution >= 4 is 17.6 Å². The van der Waals surface area contributed by atoms with Crippen LogP contribution in [0.2, 0.25) is 5.02 Å². The van der Waals surface area contributed by atoms with Crippen LogP contribution in [0.5, 0.6) is 5.75 Å². The molecule has 0 spiro atoms. The summed E-state index contributed by atoms with van der Waals surface area (Å²) in [7, 11) is 0. The lowest BCUT2D eigenvalue weighted by atomic mass is 10.2. The lowest BCUT2D eigenvalue weighted by molar-refractivity contribution is 0.0696. The SMILES string of the molecule is O=C(O)c1cc(OCc2nnnn2C2CC2)ccc1Cl. The van der Waals surface area contributed by atoms with Crippen molar-refractivity contribution in [1.29, 1.82) is 0 Å². The summed E-state index contributed by atoms with van der Waals surface area (Å²) < 4.78 is 7.27. The van der Waals surface area contributed by atoms with Gasteiger partial charge in [0.15, 0.2) is 5.82 Å². The number of hydrogen-bond donors (Lipinski definition) is 1. The molecule has 1 N–H and O–H groups in total. The van der Waals surface area contributed by atoms with Gasteiger partial charge >= 0.3 is 5.97 Å². The second kappa shape index (κ2) is 5.09. The minimum absolute atomic E-state index is 0.00551. The Bertz CT molecular complexity index is 654. The van der Waals surface area contributed by atoms with Gasteiger partial charge < -0.3 is 9.84 Å². The van der Waals surface area contributed by atoms with Crippen molar-refractivity contribution in [3.05, 3.63) is 34.6 Å². The van der Waals surface area contributed by atoms with Gasteiger partial charge in [0.1, 0.15) is 12.4 Å². The lowest BCUT2D eigenvalue weighted by Gasteiger charge is -2.07. The third-order valence-electron chi connectivity index (χ3n) is 2.99. The van der Waals surface area contributed by atoms with E-state index in [0.29, 0.717) is 17.6 Å². The molecular weight excluding hydrogens is 284 g/mol. The van der Waals surface area contributed by atoms with Crippen LogP contribution in [0.3, 0.4) is 0 Å². The topological polar surface area (TPSA) is 90.1 Å². The zero-order valence-electron chi connectivity index (χ0n) is 10.4. The first-order chi connectivity index (χ1) is 9.65. The molecule has 2 aromatic rings. The zero-order chi connectivity index (χ0) is 14.1. The molecule has 1 fully saturated rings. The van der Waals surface area contributed by atoms with E-state index in [4.69, 9.17) is 21.4 Å². The highest BCUT2D eigenvalue weighted by Crippen LogP contribution is 2.34. The van der Waals surface area contributed by atoms with Gasteiger partial charge in [0, 0.05) is 0 Å². The van der Waals surface area contributed by atoms with Crippen LogP contribution in [0.4, 0.5) is 0 Å². The van der Waals surface area contributed by atoms with Gasteiger partial charge in [-0.1, -0.05) is 11.6 Å². The molecule has 0 amide bonds. The standard InChI is InChI=1S/C12H11ClN4O3/c13-10-4-3-8(5-9(10)12(18)19)20-6-11-14-15-16-17(11)7-1-2-7/h3-5,7H,1-2,6H2,(H,18,19). The highest BCUT2D eigenvalue weighted by Gasteiger charge is 2.27. The summed E-state index contributed by atoms with van der Waals surface area (Å²) >= 11 is 5.79. The van der Waals surface area contributed by atoms with Gasteiger partial charge in [-0.15, -0.1) is 5.10 Å². The molecule has 0 atom stereocenters. The molecule has 0 radical (unpaired) electrons. The van der Waals surface area contributed by atoms with Crippen LogP contribution in [0.25, 0.3) is 0 Å². The number of aromatic carboxylic acids is 1.